The van der Waals surface area contributed by atoms with Crippen LogP contribution in [0.1, 0.15) is 46.5 Å². The molecule has 6 nitrogen and oxygen atoms in total. The number of alkyl carbamates (subject to hydrolysis) is 1. The summed E-state index contributed by atoms with van der Waals surface area (Å²) in [5, 5.41) is 6.55. The first-order valence-electron chi connectivity index (χ1n) is 8.11. The van der Waals surface area contributed by atoms with E-state index < -0.39 is 5.60 Å². The second-order valence-corrected chi connectivity index (χ2v) is 6.95. The van der Waals surface area contributed by atoms with E-state index in [2.05, 4.69) is 20.2 Å². The van der Waals surface area contributed by atoms with Gasteiger partial charge in [0.15, 0.2) is 0 Å². The maximum Gasteiger partial charge on any atom is 0.407 e. The number of amides is 1. The van der Waals surface area contributed by atoms with Gasteiger partial charge in [-0.3, -0.25) is 0 Å². The maximum atomic E-state index is 11.8. The lowest BCUT2D eigenvalue weighted by Crippen LogP contribution is -2.44. The number of carbonyl (C=O) groups is 1. The highest BCUT2D eigenvalue weighted by atomic mass is 16.6. The third-order valence-electron chi connectivity index (χ3n) is 3.81. The summed E-state index contributed by atoms with van der Waals surface area (Å²) in [6, 6.07) is 0.779. The molecule has 6 heteroatoms. The van der Waals surface area contributed by atoms with Gasteiger partial charge in [0.05, 0.1) is 6.33 Å². The fourth-order valence-electron chi connectivity index (χ4n) is 2.73. The Morgan fingerprint density at radius 1 is 1.27 bits per heavy atom. The summed E-state index contributed by atoms with van der Waals surface area (Å²) in [5.41, 5.74) is -0.434. The third kappa shape index (κ3) is 6.05. The van der Waals surface area contributed by atoms with Crippen LogP contribution in [0, 0.1) is 0 Å². The minimum absolute atomic E-state index is 0.238. The Labute approximate surface area is 132 Å². The highest BCUT2D eigenvalue weighted by Crippen LogP contribution is 2.19. The van der Waals surface area contributed by atoms with Crippen LogP contribution in [0.2, 0.25) is 0 Å². The highest BCUT2D eigenvalue weighted by molar-refractivity contribution is 5.68. The number of hydrogen-bond acceptors (Lipinski definition) is 4. The standard InChI is InChI=1S/C16H28N4O2/c1-16(2,3)22-15(21)19-14-6-4-13(5-7-14)18-9-11-20-10-8-17-12-20/h8,10,12-14,18H,4-7,9,11H2,1-3H3,(H,19,21). The maximum absolute atomic E-state index is 11.8. The topological polar surface area (TPSA) is 68.2 Å². The van der Waals surface area contributed by atoms with E-state index in [0.29, 0.717) is 6.04 Å². The van der Waals surface area contributed by atoms with Crippen LogP contribution in [-0.2, 0) is 11.3 Å². The Morgan fingerprint density at radius 2 is 1.95 bits per heavy atom. The smallest absolute Gasteiger partial charge is 0.407 e. The second kappa shape index (κ2) is 7.63. The first-order chi connectivity index (χ1) is 10.4. The fraction of sp³-hybridized carbons (Fsp3) is 0.750. The zero-order valence-corrected chi connectivity index (χ0v) is 13.8. The van der Waals surface area contributed by atoms with Gasteiger partial charge in [0, 0.05) is 37.6 Å². The van der Waals surface area contributed by atoms with Crippen molar-refractivity contribution in [1.82, 2.24) is 20.2 Å². The summed E-state index contributed by atoms with van der Waals surface area (Å²) in [5.74, 6) is 0. The van der Waals surface area contributed by atoms with Gasteiger partial charge in [-0.1, -0.05) is 0 Å². The zero-order valence-electron chi connectivity index (χ0n) is 13.8. The number of carbonyl (C=O) groups excluding carboxylic acids is 1. The molecule has 0 saturated heterocycles. The van der Waals surface area contributed by atoms with Crippen LogP contribution in [0.5, 0.6) is 0 Å². The molecular formula is C16H28N4O2. The normalized spacial score (nSPS) is 22.3. The van der Waals surface area contributed by atoms with E-state index in [-0.39, 0.29) is 12.1 Å². The second-order valence-electron chi connectivity index (χ2n) is 6.95. The molecule has 1 aromatic heterocycles. The van der Waals surface area contributed by atoms with E-state index in [4.69, 9.17) is 4.74 Å². The van der Waals surface area contributed by atoms with E-state index in [1.807, 2.05) is 33.3 Å². The molecule has 0 aromatic carbocycles. The number of nitrogens with zero attached hydrogens (tertiary/aromatic N) is 2. The number of ether oxygens (including phenoxy) is 1. The molecule has 2 rings (SSSR count). The molecule has 0 aliphatic heterocycles. The molecule has 1 amide bonds. The van der Waals surface area contributed by atoms with Crippen LogP contribution >= 0.6 is 0 Å². The molecule has 0 bridgehead atoms. The summed E-state index contributed by atoms with van der Waals surface area (Å²) in [4.78, 5) is 15.8. The Bertz CT molecular complexity index is 445. The van der Waals surface area contributed by atoms with Crippen LogP contribution in [0.3, 0.4) is 0 Å². The molecule has 1 aliphatic rings. The molecule has 0 radical (unpaired) electrons. The van der Waals surface area contributed by atoms with Crippen molar-refractivity contribution in [2.75, 3.05) is 6.54 Å². The van der Waals surface area contributed by atoms with Crippen LogP contribution in [0.25, 0.3) is 0 Å². The monoisotopic (exact) mass is 308 g/mol. The molecule has 124 valence electrons. The quantitative estimate of drug-likeness (QED) is 0.876. The predicted molar refractivity (Wildman–Crippen MR) is 85.6 cm³/mol. The van der Waals surface area contributed by atoms with Crippen LogP contribution in [0.4, 0.5) is 4.79 Å². The molecule has 0 atom stereocenters. The van der Waals surface area contributed by atoms with Crippen molar-refractivity contribution in [3.8, 4) is 0 Å². The average molecular weight is 308 g/mol. The van der Waals surface area contributed by atoms with E-state index >= 15 is 0 Å². The van der Waals surface area contributed by atoms with E-state index in [1.165, 1.54) is 0 Å². The molecule has 1 aliphatic carbocycles. The van der Waals surface area contributed by atoms with Crippen molar-refractivity contribution in [3.63, 3.8) is 0 Å². The van der Waals surface area contributed by atoms with Crippen molar-refractivity contribution >= 4 is 6.09 Å². The fourth-order valence-corrected chi connectivity index (χ4v) is 2.73. The van der Waals surface area contributed by atoms with Gasteiger partial charge in [-0.25, -0.2) is 9.78 Å². The van der Waals surface area contributed by atoms with Crippen molar-refractivity contribution in [2.45, 2.75) is 70.7 Å². The van der Waals surface area contributed by atoms with E-state index in [9.17, 15) is 4.79 Å². The molecule has 1 fully saturated rings. The van der Waals surface area contributed by atoms with Gasteiger partial charge in [0.25, 0.3) is 0 Å². The van der Waals surface area contributed by atoms with Crippen LogP contribution < -0.4 is 10.6 Å². The Morgan fingerprint density at radius 3 is 2.55 bits per heavy atom. The average Bonchev–Trinajstić information content (AvgIpc) is 2.92. The van der Waals surface area contributed by atoms with Crippen molar-refractivity contribution in [2.24, 2.45) is 0 Å². The summed E-state index contributed by atoms with van der Waals surface area (Å²) < 4.78 is 7.37. The van der Waals surface area contributed by atoms with Gasteiger partial charge < -0.3 is 19.9 Å². The predicted octanol–water partition coefficient (Wildman–Crippen LogP) is 2.31. The largest absolute Gasteiger partial charge is 0.444 e. The molecule has 0 spiro atoms. The summed E-state index contributed by atoms with van der Waals surface area (Å²) in [6.45, 7) is 7.54. The van der Waals surface area contributed by atoms with Crippen LogP contribution in [-0.4, -0.2) is 39.9 Å². The van der Waals surface area contributed by atoms with Crippen LogP contribution in [0.15, 0.2) is 18.7 Å². The van der Waals surface area contributed by atoms with Crippen molar-refractivity contribution < 1.29 is 9.53 Å². The SMILES string of the molecule is CC(C)(C)OC(=O)NC1CCC(NCCn2ccnc2)CC1. The summed E-state index contributed by atoms with van der Waals surface area (Å²) in [6.07, 6.45) is 9.49. The Balaban J connectivity index is 1.60. The molecule has 1 aromatic rings. The molecule has 2 N–H and O–H groups in total. The lowest BCUT2D eigenvalue weighted by molar-refractivity contribution is 0.0490. The molecule has 22 heavy (non-hydrogen) atoms. The van der Waals surface area contributed by atoms with Gasteiger partial charge in [0.2, 0.25) is 0 Å². The summed E-state index contributed by atoms with van der Waals surface area (Å²) in [7, 11) is 0. The molecule has 1 saturated carbocycles. The van der Waals surface area contributed by atoms with Gasteiger partial charge in [0.1, 0.15) is 5.60 Å². The summed E-state index contributed by atoms with van der Waals surface area (Å²) >= 11 is 0. The van der Waals surface area contributed by atoms with Crippen molar-refractivity contribution in [1.29, 1.82) is 0 Å². The van der Waals surface area contributed by atoms with Gasteiger partial charge in [-0.2, -0.15) is 0 Å². The first-order valence-corrected chi connectivity index (χ1v) is 8.11. The van der Waals surface area contributed by atoms with Gasteiger partial charge >= 0.3 is 6.09 Å². The number of nitrogens with one attached hydrogen (secondary N) is 2. The lowest BCUT2D eigenvalue weighted by Gasteiger charge is -2.30. The minimum atomic E-state index is -0.434. The Kier molecular flexibility index (Phi) is 5.83. The van der Waals surface area contributed by atoms with Gasteiger partial charge in [-0.05, 0) is 46.5 Å². The zero-order chi connectivity index (χ0) is 16.0. The number of imidazole rings is 1. The van der Waals surface area contributed by atoms with E-state index in [1.54, 1.807) is 6.20 Å². The number of aromatic nitrogens is 2. The molecular weight excluding hydrogens is 280 g/mol. The molecule has 0 unspecified atom stereocenters. The van der Waals surface area contributed by atoms with Crippen molar-refractivity contribution in [3.05, 3.63) is 18.7 Å². The molecule has 1 heterocycles. The number of rotatable bonds is 5. The van der Waals surface area contributed by atoms with Gasteiger partial charge in [-0.15, -0.1) is 0 Å². The van der Waals surface area contributed by atoms with E-state index in [0.717, 1.165) is 38.8 Å². The Hall–Kier alpha value is -1.56. The third-order valence-corrected chi connectivity index (χ3v) is 3.81. The highest BCUT2D eigenvalue weighted by Gasteiger charge is 2.24. The minimum Gasteiger partial charge on any atom is -0.444 e. The lowest BCUT2D eigenvalue weighted by atomic mass is 9.91. The first kappa shape index (κ1) is 16.8. The number of hydrogen-bond donors (Lipinski definition) is 2.